The van der Waals surface area contributed by atoms with Crippen LogP contribution in [0.1, 0.15) is 27.2 Å². The second-order valence-electron chi connectivity index (χ2n) is 4.22. The molecule has 0 saturated carbocycles. The summed E-state index contributed by atoms with van der Waals surface area (Å²) in [4.78, 5) is 4.30. The number of hydrogen-bond acceptors (Lipinski definition) is 4. The first kappa shape index (κ1) is 10.3. The summed E-state index contributed by atoms with van der Waals surface area (Å²) in [6, 6.07) is 0.424. The summed E-state index contributed by atoms with van der Waals surface area (Å²) < 4.78 is 0. The minimum absolute atomic E-state index is 0.0926. The van der Waals surface area contributed by atoms with Crippen molar-refractivity contribution in [2.75, 3.05) is 13.2 Å². The van der Waals surface area contributed by atoms with Crippen molar-refractivity contribution in [3.63, 3.8) is 0 Å². The van der Waals surface area contributed by atoms with Crippen LogP contribution in [0.3, 0.4) is 0 Å². The molecule has 4 nitrogen and oxygen atoms in total. The molecule has 0 fully saturated rings. The van der Waals surface area contributed by atoms with Crippen LogP contribution in [0.2, 0.25) is 0 Å². The van der Waals surface area contributed by atoms with Crippen LogP contribution < -0.4 is 10.6 Å². The Bertz CT molecular complexity index is 201. The van der Waals surface area contributed by atoms with Crippen LogP contribution in [0.15, 0.2) is 4.99 Å². The quantitative estimate of drug-likeness (QED) is 0.584. The highest BCUT2D eigenvalue weighted by Gasteiger charge is 2.21. The molecule has 0 aromatic rings. The first-order valence-electron chi connectivity index (χ1n) is 4.73. The van der Waals surface area contributed by atoms with Gasteiger partial charge in [-0.1, -0.05) is 0 Å². The number of nitrogens with zero attached hydrogens (tertiary/aromatic N) is 1. The standard InChI is InChI=1S/C9H19N3O/c1-7-6-10-8(11-7)12-9(2,3)4-5-13/h7,13H,4-6H2,1-3H3,(H2,10,11,12). The van der Waals surface area contributed by atoms with Gasteiger partial charge in [-0.2, -0.15) is 0 Å². The van der Waals surface area contributed by atoms with E-state index in [2.05, 4.69) is 36.4 Å². The Morgan fingerprint density at radius 2 is 2.38 bits per heavy atom. The van der Waals surface area contributed by atoms with E-state index in [4.69, 9.17) is 5.11 Å². The third-order valence-electron chi connectivity index (χ3n) is 2.10. The van der Waals surface area contributed by atoms with Crippen molar-refractivity contribution in [1.29, 1.82) is 0 Å². The summed E-state index contributed by atoms with van der Waals surface area (Å²) in [5, 5.41) is 15.3. The Morgan fingerprint density at radius 3 is 2.85 bits per heavy atom. The fourth-order valence-electron chi connectivity index (χ4n) is 1.29. The molecular weight excluding hydrogens is 166 g/mol. The maximum atomic E-state index is 8.83. The fourth-order valence-corrected chi connectivity index (χ4v) is 1.29. The van der Waals surface area contributed by atoms with Gasteiger partial charge >= 0.3 is 0 Å². The molecule has 0 aliphatic carbocycles. The zero-order valence-electron chi connectivity index (χ0n) is 8.59. The highest BCUT2D eigenvalue weighted by Crippen LogP contribution is 2.07. The monoisotopic (exact) mass is 185 g/mol. The molecular formula is C9H19N3O. The van der Waals surface area contributed by atoms with Crippen LogP contribution in [0.5, 0.6) is 0 Å². The topological polar surface area (TPSA) is 56.7 Å². The Kier molecular flexibility index (Phi) is 3.14. The Hall–Kier alpha value is -0.770. The summed E-state index contributed by atoms with van der Waals surface area (Å²) in [6.45, 7) is 7.23. The average Bonchev–Trinajstić information content (AvgIpc) is 2.34. The molecule has 4 heteroatoms. The molecule has 13 heavy (non-hydrogen) atoms. The van der Waals surface area contributed by atoms with Gasteiger partial charge < -0.3 is 15.7 Å². The van der Waals surface area contributed by atoms with Crippen molar-refractivity contribution in [3.8, 4) is 0 Å². The SMILES string of the molecule is CC1CN=C(NC(C)(C)CCO)N1. The number of aliphatic hydroxyl groups excluding tert-OH is 1. The van der Waals surface area contributed by atoms with E-state index in [1.54, 1.807) is 0 Å². The van der Waals surface area contributed by atoms with Crippen molar-refractivity contribution in [3.05, 3.63) is 0 Å². The lowest BCUT2D eigenvalue weighted by atomic mass is 10.0. The van der Waals surface area contributed by atoms with E-state index in [1.807, 2.05) is 0 Å². The normalized spacial score (nSPS) is 22.5. The van der Waals surface area contributed by atoms with Gasteiger partial charge in [-0.15, -0.1) is 0 Å². The molecule has 0 spiro atoms. The van der Waals surface area contributed by atoms with Crippen molar-refractivity contribution in [2.45, 2.75) is 38.8 Å². The Labute approximate surface area is 79.4 Å². The van der Waals surface area contributed by atoms with E-state index >= 15 is 0 Å². The molecule has 1 heterocycles. The summed E-state index contributed by atoms with van der Waals surface area (Å²) in [7, 11) is 0. The maximum absolute atomic E-state index is 8.83. The fraction of sp³-hybridized carbons (Fsp3) is 0.889. The smallest absolute Gasteiger partial charge is 0.192 e. The van der Waals surface area contributed by atoms with Gasteiger partial charge in [0.1, 0.15) is 0 Å². The second kappa shape index (κ2) is 3.96. The molecule has 1 rings (SSSR count). The van der Waals surface area contributed by atoms with Gasteiger partial charge in [0.05, 0.1) is 6.54 Å². The van der Waals surface area contributed by atoms with Crippen LogP contribution >= 0.6 is 0 Å². The first-order valence-corrected chi connectivity index (χ1v) is 4.73. The lowest BCUT2D eigenvalue weighted by Crippen LogP contribution is -2.49. The van der Waals surface area contributed by atoms with Gasteiger partial charge in [0, 0.05) is 18.2 Å². The summed E-state index contributed by atoms with van der Waals surface area (Å²) in [5.74, 6) is 0.853. The average molecular weight is 185 g/mol. The first-order chi connectivity index (χ1) is 6.03. The number of rotatable bonds is 3. The highest BCUT2D eigenvalue weighted by atomic mass is 16.3. The van der Waals surface area contributed by atoms with Crippen LogP contribution in [-0.2, 0) is 0 Å². The Balaban J connectivity index is 2.39. The lowest BCUT2D eigenvalue weighted by Gasteiger charge is -2.26. The van der Waals surface area contributed by atoms with Crippen LogP contribution in [0.4, 0.5) is 0 Å². The minimum Gasteiger partial charge on any atom is -0.396 e. The second-order valence-corrected chi connectivity index (χ2v) is 4.22. The molecule has 0 bridgehead atoms. The van der Waals surface area contributed by atoms with E-state index in [-0.39, 0.29) is 12.1 Å². The Morgan fingerprint density at radius 1 is 1.69 bits per heavy atom. The largest absolute Gasteiger partial charge is 0.396 e. The van der Waals surface area contributed by atoms with Crippen LogP contribution in [0.25, 0.3) is 0 Å². The number of hydrogen-bond donors (Lipinski definition) is 3. The molecule has 0 saturated heterocycles. The molecule has 1 aliphatic heterocycles. The van der Waals surface area contributed by atoms with E-state index in [0.717, 1.165) is 18.9 Å². The van der Waals surface area contributed by atoms with Crippen LogP contribution in [-0.4, -0.2) is 35.8 Å². The maximum Gasteiger partial charge on any atom is 0.192 e. The van der Waals surface area contributed by atoms with Gasteiger partial charge in [-0.25, -0.2) is 0 Å². The van der Waals surface area contributed by atoms with Gasteiger partial charge in [0.15, 0.2) is 5.96 Å². The molecule has 76 valence electrons. The molecule has 0 amide bonds. The molecule has 0 aromatic heterocycles. The van der Waals surface area contributed by atoms with Gasteiger partial charge in [0.2, 0.25) is 0 Å². The zero-order chi connectivity index (χ0) is 9.90. The predicted octanol–water partition coefficient (Wildman–Crippen LogP) is 0.0847. The minimum atomic E-state index is -0.0926. The van der Waals surface area contributed by atoms with E-state index in [0.29, 0.717) is 6.04 Å². The van der Waals surface area contributed by atoms with Crippen LogP contribution in [0, 0.1) is 0 Å². The van der Waals surface area contributed by atoms with Crippen molar-refractivity contribution in [2.24, 2.45) is 4.99 Å². The number of aliphatic imine (C=N–C) groups is 1. The summed E-state index contributed by atoms with van der Waals surface area (Å²) >= 11 is 0. The highest BCUT2D eigenvalue weighted by molar-refractivity contribution is 5.82. The molecule has 1 aliphatic rings. The van der Waals surface area contributed by atoms with Gasteiger partial charge in [-0.3, -0.25) is 4.99 Å². The number of aliphatic hydroxyl groups is 1. The van der Waals surface area contributed by atoms with Crippen molar-refractivity contribution in [1.82, 2.24) is 10.6 Å². The number of guanidine groups is 1. The predicted molar refractivity (Wildman–Crippen MR) is 53.8 cm³/mol. The molecule has 1 unspecified atom stereocenters. The number of nitrogens with one attached hydrogen (secondary N) is 2. The third kappa shape index (κ3) is 3.22. The van der Waals surface area contributed by atoms with E-state index in [1.165, 1.54) is 0 Å². The molecule has 0 aromatic carbocycles. The van der Waals surface area contributed by atoms with Crippen molar-refractivity contribution < 1.29 is 5.11 Å². The molecule has 3 N–H and O–H groups in total. The zero-order valence-corrected chi connectivity index (χ0v) is 8.59. The van der Waals surface area contributed by atoms with E-state index in [9.17, 15) is 0 Å². The lowest BCUT2D eigenvalue weighted by molar-refractivity contribution is 0.244. The van der Waals surface area contributed by atoms with Crippen molar-refractivity contribution >= 4 is 5.96 Å². The summed E-state index contributed by atoms with van der Waals surface area (Å²) in [6.07, 6.45) is 0.724. The van der Waals surface area contributed by atoms with Gasteiger partial charge in [-0.05, 0) is 27.2 Å². The summed E-state index contributed by atoms with van der Waals surface area (Å²) in [5.41, 5.74) is -0.0926. The molecule has 0 radical (unpaired) electrons. The van der Waals surface area contributed by atoms with E-state index < -0.39 is 0 Å². The third-order valence-corrected chi connectivity index (χ3v) is 2.10. The van der Waals surface area contributed by atoms with Gasteiger partial charge in [0.25, 0.3) is 0 Å². The molecule has 1 atom stereocenters.